The predicted molar refractivity (Wildman–Crippen MR) is 81.9 cm³/mol. The van der Waals surface area contributed by atoms with E-state index in [0.29, 0.717) is 0 Å². The highest BCUT2D eigenvalue weighted by Crippen LogP contribution is 2.38. The number of rotatable bonds is 2. The van der Waals surface area contributed by atoms with Gasteiger partial charge in [0.1, 0.15) is 17.9 Å². The van der Waals surface area contributed by atoms with Gasteiger partial charge in [0.05, 0.1) is 11.3 Å². The topological polar surface area (TPSA) is 87.2 Å². The molecule has 0 bridgehead atoms. The molecule has 0 unspecified atom stereocenters. The average Bonchev–Trinajstić information content (AvgIpc) is 2.86. The number of H-pyrrole nitrogens is 1. The molecule has 1 heterocycles. The molecule has 21 heavy (non-hydrogen) atoms. The van der Waals surface area contributed by atoms with Crippen molar-refractivity contribution in [3.8, 4) is 23.4 Å². The van der Waals surface area contributed by atoms with E-state index in [1.807, 2.05) is 48.7 Å². The number of nitrogens with zero attached hydrogens (tertiary/aromatic N) is 2. The molecule has 4 heteroatoms. The molecule has 1 aliphatic carbocycles. The molecule has 0 atom stereocenters. The molecule has 2 aliphatic rings. The van der Waals surface area contributed by atoms with Crippen molar-refractivity contribution in [1.29, 1.82) is 15.9 Å². The lowest BCUT2D eigenvalue weighted by Crippen LogP contribution is -1.95. The Morgan fingerprint density at radius 2 is 1.81 bits per heavy atom. The Morgan fingerprint density at radius 1 is 1.05 bits per heavy atom. The summed E-state index contributed by atoms with van der Waals surface area (Å²) in [7, 11) is 0. The van der Waals surface area contributed by atoms with Gasteiger partial charge in [0.25, 0.3) is 0 Å². The summed E-state index contributed by atoms with van der Waals surface area (Å²) < 4.78 is 0. The maximum Gasteiger partial charge on any atom is 0.150 e. The molecular weight excluding hydrogens is 260 g/mol. The van der Waals surface area contributed by atoms with Crippen LogP contribution in [0.5, 0.6) is 0 Å². The zero-order valence-corrected chi connectivity index (χ0v) is 11.0. The Hall–Kier alpha value is -3.37. The van der Waals surface area contributed by atoms with Gasteiger partial charge < -0.3 is 4.98 Å². The lowest BCUT2D eigenvalue weighted by atomic mass is 10.1. The summed E-state index contributed by atoms with van der Waals surface area (Å²) in [5.74, 6) is 0. The Labute approximate surface area is 121 Å². The number of fused-ring (bicyclic) bond motifs is 3. The van der Waals surface area contributed by atoms with Crippen LogP contribution in [0.3, 0.4) is 0 Å². The van der Waals surface area contributed by atoms with Crippen LogP contribution in [0.15, 0.2) is 48.2 Å². The first kappa shape index (κ1) is 12.7. The van der Waals surface area contributed by atoms with Gasteiger partial charge in [0.15, 0.2) is 0 Å². The molecule has 1 aromatic carbocycles. The van der Waals surface area contributed by atoms with E-state index in [1.165, 1.54) is 0 Å². The van der Waals surface area contributed by atoms with Gasteiger partial charge in [-0.2, -0.15) is 10.5 Å². The lowest BCUT2D eigenvalue weighted by Gasteiger charge is -2.01. The van der Waals surface area contributed by atoms with Gasteiger partial charge in [-0.1, -0.05) is 30.3 Å². The minimum atomic E-state index is -0.327. The third-order valence-electron chi connectivity index (χ3n) is 3.42. The smallest absolute Gasteiger partial charge is 0.150 e. The maximum absolute atomic E-state index is 9.15. The molecule has 4 nitrogen and oxygen atoms in total. The van der Waals surface area contributed by atoms with E-state index in [1.54, 1.807) is 12.1 Å². The molecule has 0 radical (unpaired) electrons. The molecule has 0 spiro atoms. The minimum absolute atomic E-state index is 0.0624. The van der Waals surface area contributed by atoms with Crippen LogP contribution >= 0.6 is 0 Å². The number of aromatic nitrogens is 1. The Balaban J connectivity index is 2.37. The van der Waals surface area contributed by atoms with Crippen molar-refractivity contribution < 1.29 is 0 Å². The van der Waals surface area contributed by atoms with E-state index >= 15 is 0 Å². The Morgan fingerprint density at radius 3 is 2.52 bits per heavy atom. The third-order valence-corrected chi connectivity index (χ3v) is 3.42. The van der Waals surface area contributed by atoms with Crippen molar-refractivity contribution in [1.82, 2.24) is 4.98 Å². The minimum Gasteiger partial charge on any atom is -0.361 e. The molecule has 0 aromatic heterocycles. The fourth-order valence-electron chi connectivity index (χ4n) is 2.49. The summed E-state index contributed by atoms with van der Waals surface area (Å²) >= 11 is 0. The fourth-order valence-corrected chi connectivity index (χ4v) is 2.49. The Kier molecular flexibility index (Phi) is 2.99. The molecule has 2 N–H and O–H groups in total. The van der Waals surface area contributed by atoms with E-state index in [0.717, 1.165) is 27.6 Å². The number of hydrogen-bond donors (Lipinski definition) is 2. The Bertz CT molecular complexity index is 931. The van der Waals surface area contributed by atoms with E-state index in [2.05, 4.69) is 4.98 Å². The maximum atomic E-state index is 9.15. The standard InChI is InChI=1S/C17H10N4/c18-9-11(16(20)10-19)8-15-13-5-2-1-4-12(13)14-6-3-7-21-17(14)15/h1-8,20-21H. The highest BCUT2D eigenvalue weighted by atomic mass is 14.7. The van der Waals surface area contributed by atoms with Gasteiger partial charge in [-0.3, -0.25) is 5.41 Å². The number of nitriles is 2. The summed E-state index contributed by atoms with van der Waals surface area (Å²) in [5, 5.41) is 27.6. The SMILES string of the molecule is N#CC(=N)C(C#N)=Cc1c2[nH]cccc-2c2ccccc12. The van der Waals surface area contributed by atoms with Gasteiger partial charge in [-0.15, -0.1) is 0 Å². The fraction of sp³-hybridized carbons (Fsp3) is 0. The lowest BCUT2D eigenvalue weighted by molar-refractivity contribution is 1.34. The quantitative estimate of drug-likeness (QED) is 0.549. The second-order valence-corrected chi connectivity index (χ2v) is 4.57. The molecule has 0 saturated carbocycles. The van der Waals surface area contributed by atoms with Crippen LogP contribution in [0.4, 0.5) is 0 Å². The number of hydrogen-bond acceptors (Lipinski definition) is 3. The van der Waals surface area contributed by atoms with Crippen LogP contribution in [0, 0.1) is 28.1 Å². The summed E-state index contributed by atoms with van der Waals surface area (Å²) in [4.78, 5) is 3.19. The highest BCUT2D eigenvalue weighted by Gasteiger charge is 2.17. The summed E-state index contributed by atoms with van der Waals surface area (Å²) in [5.41, 5.74) is 2.52. The van der Waals surface area contributed by atoms with E-state index in [4.69, 9.17) is 15.9 Å². The zero-order valence-electron chi connectivity index (χ0n) is 11.0. The number of aromatic amines is 1. The zero-order chi connectivity index (χ0) is 14.8. The second-order valence-electron chi connectivity index (χ2n) is 4.57. The normalized spacial score (nSPS) is 11.2. The van der Waals surface area contributed by atoms with Gasteiger partial charge in [0, 0.05) is 17.3 Å². The van der Waals surface area contributed by atoms with E-state index in [-0.39, 0.29) is 11.3 Å². The van der Waals surface area contributed by atoms with Crippen molar-refractivity contribution in [3.63, 3.8) is 0 Å². The van der Waals surface area contributed by atoms with Gasteiger partial charge in [-0.05, 0) is 22.9 Å². The van der Waals surface area contributed by atoms with Crippen LogP contribution in [-0.4, -0.2) is 10.7 Å². The first-order valence-electron chi connectivity index (χ1n) is 6.35. The molecular formula is C17H10N4. The van der Waals surface area contributed by atoms with Gasteiger partial charge in [0.2, 0.25) is 0 Å². The summed E-state index contributed by atoms with van der Waals surface area (Å²) in [6.45, 7) is 0. The van der Waals surface area contributed by atoms with Crippen molar-refractivity contribution in [3.05, 3.63) is 53.7 Å². The first-order chi connectivity index (χ1) is 10.3. The second kappa shape index (κ2) is 4.96. The van der Waals surface area contributed by atoms with Crippen LogP contribution in [0.1, 0.15) is 5.56 Å². The van der Waals surface area contributed by atoms with Gasteiger partial charge in [-0.25, -0.2) is 0 Å². The molecule has 1 aromatic rings. The van der Waals surface area contributed by atoms with Crippen molar-refractivity contribution in [2.45, 2.75) is 0 Å². The van der Waals surface area contributed by atoms with Crippen molar-refractivity contribution >= 4 is 22.6 Å². The van der Waals surface area contributed by atoms with Crippen LogP contribution < -0.4 is 0 Å². The number of nitrogens with one attached hydrogen (secondary N) is 2. The number of allylic oxidation sites excluding steroid dienone is 1. The third kappa shape index (κ3) is 1.96. The molecule has 98 valence electrons. The molecule has 3 rings (SSSR count). The summed E-state index contributed by atoms with van der Waals surface area (Å²) in [6.07, 6.45) is 3.42. The van der Waals surface area contributed by atoms with Crippen LogP contribution in [0.2, 0.25) is 0 Å². The predicted octanol–water partition coefficient (Wildman–Crippen LogP) is 3.72. The number of pyridine rings is 1. The molecule has 0 fully saturated rings. The molecule has 0 amide bonds. The highest BCUT2D eigenvalue weighted by molar-refractivity contribution is 6.17. The summed E-state index contributed by atoms with van der Waals surface area (Å²) in [6, 6.07) is 15.4. The van der Waals surface area contributed by atoms with Gasteiger partial charge >= 0.3 is 0 Å². The van der Waals surface area contributed by atoms with Crippen molar-refractivity contribution in [2.75, 3.05) is 0 Å². The monoisotopic (exact) mass is 270 g/mol. The number of benzene rings is 1. The average molecular weight is 270 g/mol. The van der Waals surface area contributed by atoms with Crippen LogP contribution in [0.25, 0.3) is 28.1 Å². The first-order valence-corrected chi connectivity index (χ1v) is 6.35. The van der Waals surface area contributed by atoms with E-state index in [9.17, 15) is 0 Å². The van der Waals surface area contributed by atoms with E-state index < -0.39 is 0 Å². The van der Waals surface area contributed by atoms with Crippen molar-refractivity contribution in [2.24, 2.45) is 0 Å². The molecule has 0 saturated heterocycles. The molecule has 1 aliphatic heterocycles. The largest absolute Gasteiger partial charge is 0.361 e. The van der Waals surface area contributed by atoms with Crippen LogP contribution in [-0.2, 0) is 0 Å².